The molecule has 0 aliphatic heterocycles. The number of nitrogens with one attached hydrogen (secondary N) is 1. The quantitative estimate of drug-likeness (QED) is 0.485. The van der Waals surface area contributed by atoms with Crippen molar-refractivity contribution in [2.45, 2.75) is 6.04 Å². The number of hydrogen-bond acceptors (Lipinski definition) is 4. The van der Waals surface area contributed by atoms with Gasteiger partial charge in [0, 0.05) is 17.5 Å². The third-order valence-electron chi connectivity index (χ3n) is 4.88. The Balaban J connectivity index is 1.82. The average molecular weight is 383 g/mol. The van der Waals surface area contributed by atoms with Crippen LogP contribution in [0.25, 0.3) is 22.2 Å². The normalized spacial score (nSPS) is 11.9. The summed E-state index contributed by atoms with van der Waals surface area (Å²) in [5.41, 5.74) is 8.77. The van der Waals surface area contributed by atoms with E-state index in [1.807, 2.05) is 78.9 Å². The first-order valence-corrected chi connectivity index (χ1v) is 9.42. The SMILES string of the molecule is NC[C@H](NC(=O)c1c(O)c(-c2ccccc2)nc2ccccc12)c1ccccc1. The summed E-state index contributed by atoms with van der Waals surface area (Å²) < 4.78 is 0. The molecule has 0 aliphatic carbocycles. The molecule has 5 nitrogen and oxygen atoms in total. The molecule has 0 spiro atoms. The van der Waals surface area contributed by atoms with E-state index < -0.39 is 5.91 Å². The van der Waals surface area contributed by atoms with Crippen molar-refractivity contribution in [2.75, 3.05) is 6.54 Å². The lowest BCUT2D eigenvalue weighted by Gasteiger charge is -2.19. The number of carbonyl (C=O) groups excluding carboxylic acids is 1. The molecule has 1 atom stereocenters. The predicted molar refractivity (Wildman–Crippen MR) is 115 cm³/mol. The van der Waals surface area contributed by atoms with Crippen LogP contribution < -0.4 is 11.1 Å². The predicted octanol–water partition coefficient (Wildman–Crippen LogP) is 4.04. The molecule has 0 fully saturated rings. The van der Waals surface area contributed by atoms with Crippen LogP contribution in [0.4, 0.5) is 0 Å². The van der Waals surface area contributed by atoms with E-state index >= 15 is 0 Å². The monoisotopic (exact) mass is 383 g/mol. The molecule has 3 aromatic carbocycles. The number of nitrogens with two attached hydrogens (primary N) is 1. The van der Waals surface area contributed by atoms with Crippen molar-refractivity contribution in [1.82, 2.24) is 10.3 Å². The number of nitrogens with zero attached hydrogens (tertiary/aromatic N) is 1. The molecule has 1 amide bonds. The van der Waals surface area contributed by atoms with Crippen molar-refractivity contribution in [3.8, 4) is 17.0 Å². The van der Waals surface area contributed by atoms with Crippen LogP contribution in [-0.4, -0.2) is 22.5 Å². The van der Waals surface area contributed by atoms with E-state index in [0.717, 1.165) is 11.1 Å². The smallest absolute Gasteiger partial charge is 0.256 e. The maximum Gasteiger partial charge on any atom is 0.256 e. The average Bonchev–Trinajstić information content (AvgIpc) is 2.78. The van der Waals surface area contributed by atoms with Crippen LogP contribution in [0.5, 0.6) is 5.75 Å². The maximum absolute atomic E-state index is 13.3. The van der Waals surface area contributed by atoms with Gasteiger partial charge in [-0.1, -0.05) is 78.9 Å². The van der Waals surface area contributed by atoms with E-state index in [1.165, 1.54) is 0 Å². The summed E-state index contributed by atoms with van der Waals surface area (Å²) in [5, 5.41) is 14.6. The van der Waals surface area contributed by atoms with Crippen molar-refractivity contribution >= 4 is 16.8 Å². The highest BCUT2D eigenvalue weighted by atomic mass is 16.3. The summed E-state index contributed by atoms with van der Waals surface area (Å²) >= 11 is 0. The van der Waals surface area contributed by atoms with Crippen LogP contribution in [0.3, 0.4) is 0 Å². The fourth-order valence-electron chi connectivity index (χ4n) is 3.42. The van der Waals surface area contributed by atoms with Crippen LogP contribution in [0.15, 0.2) is 84.9 Å². The number of fused-ring (bicyclic) bond motifs is 1. The van der Waals surface area contributed by atoms with Crippen LogP contribution in [0, 0.1) is 0 Å². The molecule has 144 valence electrons. The van der Waals surface area contributed by atoms with E-state index in [4.69, 9.17) is 5.73 Å². The molecule has 0 saturated heterocycles. The van der Waals surface area contributed by atoms with E-state index in [2.05, 4.69) is 10.3 Å². The number of rotatable bonds is 5. The number of amides is 1. The van der Waals surface area contributed by atoms with Crippen LogP contribution in [0.1, 0.15) is 22.0 Å². The summed E-state index contributed by atoms with van der Waals surface area (Å²) in [6.45, 7) is 0.241. The van der Waals surface area contributed by atoms with Gasteiger partial charge in [-0.05, 0) is 11.6 Å². The largest absolute Gasteiger partial charge is 0.505 e. The topological polar surface area (TPSA) is 88.2 Å². The first-order valence-electron chi connectivity index (χ1n) is 9.42. The molecule has 29 heavy (non-hydrogen) atoms. The second-order valence-electron chi connectivity index (χ2n) is 6.74. The molecule has 5 heteroatoms. The number of hydrogen-bond donors (Lipinski definition) is 3. The van der Waals surface area contributed by atoms with Crippen LogP contribution >= 0.6 is 0 Å². The second kappa shape index (κ2) is 8.12. The van der Waals surface area contributed by atoms with Crippen molar-refractivity contribution in [3.05, 3.63) is 96.1 Å². The Hall–Kier alpha value is -3.70. The zero-order valence-corrected chi connectivity index (χ0v) is 15.7. The van der Waals surface area contributed by atoms with Crippen molar-refractivity contribution in [2.24, 2.45) is 5.73 Å². The van der Waals surface area contributed by atoms with Gasteiger partial charge < -0.3 is 16.2 Å². The molecule has 4 rings (SSSR count). The molecular weight excluding hydrogens is 362 g/mol. The Morgan fingerprint density at radius 1 is 0.931 bits per heavy atom. The molecular formula is C24H21N3O2. The van der Waals surface area contributed by atoms with Gasteiger partial charge in [-0.25, -0.2) is 4.98 Å². The fraction of sp³-hybridized carbons (Fsp3) is 0.0833. The highest BCUT2D eigenvalue weighted by Gasteiger charge is 2.23. The summed E-state index contributed by atoms with van der Waals surface area (Å²) in [7, 11) is 0. The molecule has 0 bridgehead atoms. The van der Waals surface area contributed by atoms with E-state index in [-0.39, 0.29) is 23.9 Å². The number of benzene rings is 3. The lowest BCUT2D eigenvalue weighted by Crippen LogP contribution is -2.33. The third kappa shape index (κ3) is 3.68. The van der Waals surface area contributed by atoms with Crippen LogP contribution in [-0.2, 0) is 0 Å². The number of carbonyl (C=O) groups is 1. The molecule has 1 aromatic heterocycles. The molecule has 0 unspecified atom stereocenters. The van der Waals surface area contributed by atoms with Gasteiger partial charge in [-0.3, -0.25) is 4.79 Å². The highest BCUT2D eigenvalue weighted by molar-refractivity contribution is 6.10. The van der Waals surface area contributed by atoms with Gasteiger partial charge in [-0.15, -0.1) is 0 Å². The van der Waals surface area contributed by atoms with Gasteiger partial charge in [0.2, 0.25) is 0 Å². The standard InChI is InChI=1S/C24H21N3O2/c25-15-20(16-9-3-1-4-10-16)27-24(29)21-18-13-7-8-14-19(18)26-22(23(21)28)17-11-5-2-6-12-17/h1-14,20,28H,15,25H2,(H,27,29)/t20-/m0/s1. The molecule has 4 N–H and O–H groups in total. The summed E-state index contributed by atoms with van der Waals surface area (Å²) in [5.74, 6) is -0.534. The number of aromatic hydroxyl groups is 1. The minimum atomic E-state index is -0.391. The number of pyridine rings is 1. The molecule has 0 saturated carbocycles. The second-order valence-corrected chi connectivity index (χ2v) is 6.74. The zero-order valence-electron chi connectivity index (χ0n) is 15.7. The first-order chi connectivity index (χ1) is 14.2. The van der Waals surface area contributed by atoms with Crippen molar-refractivity contribution in [1.29, 1.82) is 0 Å². The van der Waals surface area contributed by atoms with Gasteiger partial charge in [-0.2, -0.15) is 0 Å². The minimum Gasteiger partial charge on any atom is -0.505 e. The first kappa shape index (κ1) is 18.7. The van der Waals surface area contributed by atoms with Gasteiger partial charge in [0.1, 0.15) is 5.69 Å². The van der Waals surface area contributed by atoms with E-state index in [0.29, 0.717) is 16.6 Å². The summed E-state index contributed by atoms with van der Waals surface area (Å²) in [6.07, 6.45) is 0. The molecule has 0 aliphatic rings. The summed E-state index contributed by atoms with van der Waals surface area (Å²) in [6, 6.07) is 25.8. The van der Waals surface area contributed by atoms with Gasteiger partial charge in [0.05, 0.1) is 17.1 Å². The Bertz CT molecular complexity index is 1140. The number of para-hydroxylation sites is 1. The van der Waals surface area contributed by atoms with Crippen molar-refractivity contribution < 1.29 is 9.90 Å². The minimum absolute atomic E-state index is 0.142. The Kier molecular flexibility index (Phi) is 5.22. The van der Waals surface area contributed by atoms with Crippen molar-refractivity contribution in [3.63, 3.8) is 0 Å². The molecule has 1 heterocycles. The van der Waals surface area contributed by atoms with E-state index in [1.54, 1.807) is 6.07 Å². The Morgan fingerprint density at radius 2 is 1.55 bits per heavy atom. The van der Waals surface area contributed by atoms with Gasteiger partial charge >= 0.3 is 0 Å². The fourth-order valence-corrected chi connectivity index (χ4v) is 3.42. The highest BCUT2D eigenvalue weighted by Crippen LogP contribution is 2.35. The lowest BCUT2D eigenvalue weighted by molar-refractivity contribution is 0.0937. The summed E-state index contributed by atoms with van der Waals surface area (Å²) in [4.78, 5) is 17.8. The Morgan fingerprint density at radius 3 is 2.24 bits per heavy atom. The van der Waals surface area contributed by atoms with E-state index in [9.17, 15) is 9.90 Å². The zero-order chi connectivity index (χ0) is 20.2. The maximum atomic E-state index is 13.3. The number of aromatic nitrogens is 1. The molecule has 4 aromatic rings. The van der Waals surface area contributed by atoms with Crippen LogP contribution in [0.2, 0.25) is 0 Å². The van der Waals surface area contributed by atoms with Gasteiger partial charge in [0.15, 0.2) is 5.75 Å². The third-order valence-corrected chi connectivity index (χ3v) is 4.88. The van der Waals surface area contributed by atoms with Gasteiger partial charge in [0.25, 0.3) is 5.91 Å². The lowest BCUT2D eigenvalue weighted by atomic mass is 10.0. The molecule has 0 radical (unpaired) electrons. The Labute approximate surface area is 168 Å².